The summed E-state index contributed by atoms with van der Waals surface area (Å²) in [6.07, 6.45) is 1.71. The third-order valence-corrected chi connectivity index (χ3v) is 4.24. The van der Waals surface area contributed by atoms with Gasteiger partial charge in [-0.15, -0.1) is 0 Å². The van der Waals surface area contributed by atoms with Crippen LogP contribution < -0.4 is 5.73 Å². The molecule has 0 spiro atoms. The molecule has 0 saturated carbocycles. The van der Waals surface area contributed by atoms with Crippen LogP contribution in [-0.4, -0.2) is 10.8 Å². The number of anilines is 1. The van der Waals surface area contributed by atoms with Crippen LogP contribution in [0.1, 0.15) is 21.5 Å². The molecule has 0 bridgehead atoms. The highest BCUT2D eigenvalue weighted by molar-refractivity contribution is 9.10. The van der Waals surface area contributed by atoms with Crippen molar-refractivity contribution in [2.24, 2.45) is 0 Å². The lowest BCUT2D eigenvalue weighted by Gasteiger charge is -2.08. The first kappa shape index (κ1) is 14.2. The van der Waals surface area contributed by atoms with E-state index in [1.807, 2.05) is 13.0 Å². The second kappa shape index (κ2) is 5.20. The molecule has 3 rings (SSSR count). The van der Waals surface area contributed by atoms with Crippen LogP contribution in [0.4, 0.5) is 5.69 Å². The van der Waals surface area contributed by atoms with Crippen LogP contribution in [-0.2, 0) is 0 Å². The average Bonchev–Trinajstić information content (AvgIpc) is 2.84. The summed E-state index contributed by atoms with van der Waals surface area (Å²) in [5.41, 5.74) is 9.36. The van der Waals surface area contributed by atoms with E-state index < -0.39 is 0 Å². The van der Waals surface area contributed by atoms with Gasteiger partial charge in [-0.3, -0.25) is 4.79 Å². The Kier molecular flexibility index (Phi) is 3.51. The maximum absolute atomic E-state index is 12.8. The SMILES string of the molecule is Cc1c(N)cc(Br)cc1C(=O)c1c[nH]c2cc(Cl)ccc12. The Hall–Kier alpha value is -1.78. The average molecular weight is 364 g/mol. The standard InChI is InChI=1S/C16H12BrClN2O/c1-8-12(4-9(17)5-14(8)19)16(21)13-7-20-15-6-10(18)2-3-11(13)15/h2-7,20H,19H2,1H3. The summed E-state index contributed by atoms with van der Waals surface area (Å²) in [5, 5.41) is 1.48. The summed E-state index contributed by atoms with van der Waals surface area (Å²) >= 11 is 9.34. The summed E-state index contributed by atoms with van der Waals surface area (Å²) < 4.78 is 0.789. The zero-order valence-corrected chi connectivity index (χ0v) is 13.5. The van der Waals surface area contributed by atoms with Crippen LogP contribution in [0.3, 0.4) is 0 Å². The number of fused-ring (bicyclic) bond motifs is 1. The van der Waals surface area contributed by atoms with Crippen LogP contribution in [0.25, 0.3) is 10.9 Å². The van der Waals surface area contributed by atoms with Crippen molar-refractivity contribution in [3.05, 3.63) is 62.7 Å². The first-order chi connectivity index (χ1) is 9.97. The van der Waals surface area contributed by atoms with E-state index in [9.17, 15) is 4.79 Å². The highest BCUT2D eigenvalue weighted by atomic mass is 79.9. The third kappa shape index (κ3) is 2.45. The molecule has 3 nitrogen and oxygen atoms in total. The lowest BCUT2D eigenvalue weighted by atomic mass is 9.98. The number of hydrogen-bond donors (Lipinski definition) is 2. The van der Waals surface area contributed by atoms with Gasteiger partial charge in [0, 0.05) is 43.4 Å². The summed E-state index contributed by atoms with van der Waals surface area (Å²) in [6, 6.07) is 9.01. The minimum Gasteiger partial charge on any atom is -0.398 e. The molecule has 0 amide bonds. The molecule has 1 aromatic heterocycles. The molecule has 0 aliphatic heterocycles. The largest absolute Gasteiger partial charge is 0.398 e. The molecule has 21 heavy (non-hydrogen) atoms. The van der Waals surface area contributed by atoms with Gasteiger partial charge in [0.2, 0.25) is 0 Å². The molecule has 0 aliphatic rings. The lowest BCUT2D eigenvalue weighted by Crippen LogP contribution is -2.05. The van der Waals surface area contributed by atoms with Crippen molar-refractivity contribution < 1.29 is 4.79 Å². The van der Waals surface area contributed by atoms with Gasteiger partial charge in [0.25, 0.3) is 0 Å². The summed E-state index contributed by atoms with van der Waals surface area (Å²) in [5.74, 6) is -0.0610. The number of carbonyl (C=O) groups excluding carboxylic acids is 1. The van der Waals surface area contributed by atoms with E-state index in [4.69, 9.17) is 17.3 Å². The quantitative estimate of drug-likeness (QED) is 0.512. The van der Waals surface area contributed by atoms with E-state index >= 15 is 0 Å². The topological polar surface area (TPSA) is 58.9 Å². The van der Waals surface area contributed by atoms with Crippen molar-refractivity contribution in [1.82, 2.24) is 4.98 Å². The smallest absolute Gasteiger partial charge is 0.195 e. The van der Waals surface area contributed by atoms with Crippen molar-refractivity contribution in [2.45, 2.75) is 6.92 Å². The molecule has 0 unspecified atom stereocenters. The van der Waals surface area contributed by atoms with Crippen molar-refractivity contribution in [3.63, 3.8) is 0 Å². The molecule has 0 aliphatic carbocycles. The first-order valence-electron chi connectivity index (χ1n) is 6.34. The highest BCUT2D eigenvalue weighted by Crippen LogP contribution is 2.28. The van der Waals surface area contributed by atoms with Gasteiger partial charge in [0.1, 0.15) is 0 Å². The zero-order valence-electron chi connectivity index (χ0n) is 11.2. The first-order valence-corrected chi connectivity index (χ1v) is 7.51. The second-order valence-corrected chi connectivity index (χ2v) is 6.24. The zero-order chi connectivity index (χ0) is 15.1. The molecular weight excluding hydrogens is 352 g/mol. The van der Waals surface area contributed by atoms with Gasteiger partial charge in [-0.05, 0) is 36.8 Å². The summed E-state index contributed by atoms with van der Waals surface area (Å²) in [7, 11) is 0. The molecule has 0 atom stereocenters. The normalized spacial score (nSPS) is 11.0. The van der Waals surface area contributed by atoms with Crippen molar-refractivity contribution in [3.8, 4) is 0 Å². The number of nitrogens with two attached hydrogens (primary N) is 1. The maximum atomic E-state index is 12.8. The predicted octanol–water partition coefficient (Wildman–Crippen LogP) is 4.71. The second-order valence-electron chi connectivity index (χ2n) is 4.89. The fourth-order valence-corrected chi connectivity index (χ4v) is 3.01. The Bertz CT molecular complexity index is 870. The predicted molar refractivity (Wildman–Crippen MR) is 90.0 cm³/mol. The number of benzene rings is 2. The monoisotopic (exact) mass is 362 g/mol. The van der Waals surface area contributed by atoms with Crippen LogP contribution in [0.15, 0.2) is 41.0 Å². The van der Waals surface area contributed by atoms with Crippen LogP contribution in [0, 0.1) is 6.92 Å². The summed E-state index contributed by atoms with van der Waals surface area (Å²) in [6.45, 7) is 1.85. The van der Waals surface area contributed by atoms with E-state index in [2.05, 4.69) is 20.9 Å². The van der Waals surface area contributed by atoms with Gasteiger partial charge in [-0.2, -0.15) is 0 Å². The molecule has 3 N–H and O–H groups in total. The van der Waals surface area contributed by atoms with Crippen LogP contribution in [0.2, 0.25) is 5.02 Å². The number of nitrogens with one attached hydrogen (secondary N) is 1. The van der Waals surface area contributed by atoms with Crippen LogP contribution in [0.5, 0.6) is 0 Å². The van der Waals surface area contributed by atoms with Gasteiger partial charge < -0.3 is 10.7 Å². The van der Waals surface area contributed by atoms with Gasteiger partial charge in [-0.1, -0.05) is 33.6 Å². The number of ketones is 1. The van der Waals surface area contributed by atoms with E-state index in [0.29, 0.717) is 21.8 Å². The molecule has 106 valence electrons. The van der Waals surface area contributed by atoms with E-state index in [1.165, 1.54) is 0 Å². The van der Waals surface area contributed by atoms with Crippen LogP contribution >= 0.6 is 27.5 Å². The van der Waals surface area contributed by atoms with Crippen molar-refractivity contribution >= 4 is 49.9 Å². The minimum absolute atomic E-state index is 0.0610. The third-order valence-electron chi connectivity index (χ3n) is 3.55. The van der Waals surface area contributed by atoms with Gasteiger partial charge in [-0.25, -0.2) is 0 Å². The van der Waals surface area contributed by atoms with Crippen molar-refractivity contribution in [2.75, 3.05) is 5.73 Å². The number of aromatic nitrogens is 1. The number of rotatable bonds is 2. The molecule has 2 aromatic carbocycles. The highest BCUT2D eigenvalue weighted by Gasteiger charge is 2.18. The molecule has 5 heteroatoms. The molecular formula is C16H12BrClN2O. The molecule has 1 heterocycles. The Balaban J connectivity index is 2.17. The molecule has 3 aromatic rings. The number of nitrogen functional groups attached to an aromatic ring is 1. The lowest BCUT2D eigenvalue weighted by molar-refractivity contribution is 0.103. The molecule has 0 fully saturated rings. The van der Waals surface area contributed by atoms with Gasteiger partial charge >= 0.3 is 0 Å². The van der Waals surface area contributed by atoms with E-state index in [-0.39, 0.29) is 5.78 Å². The van der Waals surface area contributed by atoms with Crippen molar-refractivity contribution in [1.29, 1.82) is 0 Å². The number of hydrogen-bond acceptors (Lipinski definition) is 2. The fourth-order valence-electron chi connectivity index (χ4n) is 2.37. The summed E-state index contributed by atoms with van der Waals surface area (Å²) in [4.78, 5) is 15.9. The van der Waals surface area contributed by atoms with Gasteiger partial charge in [0.15, 0.2) is 5.78 Å². The molecule has 0 saturated heterocycles. The number of halogens is 2. The maximum Gasteiger partial charge on any atom is 0.195 e. The fraction of sp³-hybridized carbons (Fsp3) is 0.0625. The van der Waals surface area contributed by atoms with E-state index in [0.717, 1.165) is 20.9 Å². The number of carbonyl (C=O) groups is 1. The van der Waals surface area contributed by atoms with E-state index in [1.54, 1.807) is 30.5 Å². The Morgan fingerprint density at radius 3 is 2.76 bits per heavy atom. The van der Waals surface area contributed by atoms with Gasteiger partial charge in [0.05, 0.1) is 0 Å². The molecule has 0 radical (unpaired) electrons. The number of aromatic amines is 1. The Morgan fingerprint density at radius 1 is 1.24 bits per heavy atom. The Morgan fingerprint density at radius 2 is 2.00 bits per heavy atom. The Labute approximate surface area is 135 Å². The number of H-pyrrole nitrogens is 1. The minimum atomic E-state index is -0.0610.